The van der Waals surface area contributed by atoms with Crippen molar-refractivity contribution in [2.45, 2.75) is 52.2 Å². The number of hydrogen-bond acceptors (Lipinski definition) is 6. The molecule has 0 spiro atoms. The second-order valence-corrected chi connectivity index (χ2v) is 10.6. The lowest BCUT2D eigenvalue weighted by Gasteiger charge is -2.32. The van der Waals surface area contributed by atoms with Crippen LogP contribution in [0.2, 0.25) is 5.02 Å². The van der Waals surface area contributed by atoms with Crippen LogP contribution in [0.1, 0.15) is 39.2 Å². The zero-order valence-electron chi connectivity index (χ0n) is 21.0. The Hall–Kier alpha value is -3.66. The van der Waals surface area contributed by atoms with E-state index < -0.39 is 23.5 Å². The molecule has 0 radical (unpaired) electrons. The number of fused-ring (bicyclic) bond motifs is 2. The average molecular weight is 528 g/mol. The minimum Gasteiger partial charge on any atom is -0.474 e. The maximum absolute atomic E-state index is 15.6. The van der Waals surface area contributed by atoms with E-state index in [0.29, 0.717) is 33.4 Å². The summed E-state index contributed by atoms with van der Waals surface area (Å²) in [7, 11) is 0. The fourth-order valence-electron chi connectivity index (χ4n) is 4.47. The number of halogens is 2. The van der Waals surface area contributed by atoms with E-state index in [1.807, 2.05) is 0 Å². The number of nitrogens with two attached hydrogens (primary N) is 1. The molecule has 3 heterocycles. The Kier molecular flexibility index (Phi) is 6.10. The van der Waals surface area contributed by atoms with Gasteiger partial charge in [0.2, 0.25) is 5.88 Å². The predicted octanol–water partition coefficient (Wildman–Crippen LogP) is 5.58. The van der Waals surface area contributed by atoms with E-state index in [2.05, 4.69) is 9.97 Å². The Morgan fingerprint density at radius 2 is 1.95 bits per heavy atom. The Morgan fingerprint density at radius 3 is 2.59 bits per heavy atom. The Morgan fingerprint density at radius 1 is 1.22 bits per heavy atom. The second-order valence-electron chi connectivity index (χ2n) is 10.2. The van der Waals surface area contributed by atoms with Crippen molar-refractivity contribution < 1.29 is 23.5 Å². The molecule has 1 aliphatic carbocycles. The van der Waals surface area contributed by atoms with Gasteiger partial charge < -0.3 is 15.2 Å². The first-order valence-corrected chi connectivity index (χ1v) is 12.3. The Bertz CT molecular complexity index is 1440. The summed E-state index contributed by atoms with van der Waals surface area (Å²) in [6, 6.07) is 2.71. The summed E-state index contributed by atoms with van der Waals surface area (Å²) in [6.45, 7) is 7.62. The normalized spacial score (nSPS) is 15.2. The third kappa shape index (κ3) is 4.61. The van der Waals surface area contributed by atoms with E-state index >= 15 is 4.39 Å². The van der Waals surface area contributed by atoms with Gasteiger partial charge in [-0.1, -0.05) is 11.6 Å². The zero-order chi connectivity index (χ0) is 26.6. The number of primary amides is 1. The number of aromatic nitrogens is 2. The lowest BCUT2D eigenvalue weighted by atomic mass is 9.97. The molecular weight excluding hydrogens is 501 g/mol. The van der Waals surface area contributed by atoms with Crippen LogP contribution in [0.25, 0.3) is 21.9 Å². The standard InChI is InChI=1S/C26H27ClFN5O4/c1-13-17(11-31-23-22(13)32(7-8-36-23)25(35)37-26(2,3)4)16-9-14-10-19(33(24(29)34)15-5-6-15)30-12-18(14)20(27)21(16)28/h9-12,15H,5-8H2,1-4H3,(H2,29,34). The van der Waals surface area contributed by atoms with Crippen LogP contribution in [0.5, 0.6) is 5.88 Å². The van der Waals surface area contributed by atoms with Gasteiger partial charge in [0, 0.05) is 34.9 Å². The van der Waals surface area contributed by atoms with Crippen molar-refractivity contribution >= 4 is 46.0 Å². The molecule has 11 heteroatoms. The van der Waals surface area contributed by atoms with Gasteiger partial charge in [0.15, 0.2) is 0 Å². The quantitative estimate of drug-likeness (QED) is 0.476. The number of hydrogen-bond donors (Lipinski definition) is 1. The van der Waals surface area contributed by atoms with Gasteiger partial charge in [-0.2, -0.15) is 0 Å². The number of amides is 3. The molecule has 2 N–H and O–H groups in total. The number of ether oxygens (including phenoxy) is 2. The number of rotatable bonds is 3. The number of carbonyl (C=O) groups is 2. The van der Waals surface area contributed by atoms with Gasteiger partial charge in [0.05, 0.1) is 11.6 Å². The molecule has 0 saturated heterocycles. The summed E-state index contributed by atoms with van der Waals surface area (Å²) in [5, 5.41) is 0.866. The van der Waals surface area contributed by atoms with E-state index in [0.717, 1.165) is 12.8 Å². The van der Waals surface area contributed by atoms with E-state index in [-0.39, 0.29) is 35.7 Å². The van der Waals surface area contributed by atoms with Crippen molar-refractivity contribution in [3.63, 3.8) is 0 Å². The number of pyridine rings is 2. The monoisotopic (exact) mass is 527 g/mol. The Labute approximate surface area is 218 Å². The molecule has 3 aromatic rings. The minimum absolute atomic E-state index is 0.00349. The van der Waals surface area contributed by atoms with E-state index in [1.165, 1.54) is 22.2 Å². The van der Waals surface area contributed by atoms with Gasteiger partial charge >= 0.3 is 12.1 Å². The van der Waals surface area contributed by atoms with Crippen LogP contribution < -0.4 is 20.3 Å². The minimum atomic E-state index is -0.697. The van der Waals surface area contributed by atoms with Crippen LogP contribution >= 0.6 is 11.6 Å². The third-order valence-electron chi connectivity index (χ3n) is 6.28. The van der Waals surface area contributed by atoms with Crippen LogP contribution in [-0.4, -0.2) is 46.9 Å². The maximum Gasteiger partial charge on any atom is 0.415 e. The molecule has 5 rings (SSSR count). The van der Waals surface area contributed by atoms with Gasteiger partial charge in [0.1, 0.15) is 29.5 Å². The maximum atomic E-state index is 15.6. The summed E-state index contributed by atoms with van der Waals surface area (Å²) in [5.41, 5.74) is 6.51. The van der Waals surface area contributed by atoms with Gasteiger partial charge in [0.25, 0.3) is 0 Å². The van der Waals surface area contributed by atoms with Crippen molar-refractivity contribution in [1.29, 1.82) is 0 Å². The largest absolute Gasteiger partial charge is 0.474 e. The summed E-state index contributed by atoms with van der Waals surface area (Å²) < 4.78 is 26.9. The molecular formula is C26H27ClFN5O4. The van der Waals surface area contributed by atoms with Crippen molar-refractivity contribution in [2.75, 3.05) is 23.0 Å². The molecule has 0 unspecified atom stereocenters. The molecule has 3 amide bonds. The van der Waals surface area contributed by atoms with Crippen LogP contribution in [0, 0.1) is 12.7 Å². The fourth-order valence-corrected chi connectivity index (χ4v) is 4.73. The molecule has 0 atom stereocenters. The lowest BCUT2D eigenvalue weighted by Crippen LogP contribution is -2.42. The molecule has 2 aromatic heterocycles. The summed E-state index contributed by atoms with van der Waals surface area (Å²) in [4.78, 5) is 36.6. The van der Waals surface area contributed by atoms with Crippen LogP contribution in [0.4, 0.5) is 25.5 Å². The number of urea groups is 1. The van der Waals surface area contributed by atoms with Crippen LogP contribution in [0.15, 0.2) is 24.5 Å². The fraction of sp³-hybridized carbons (Fsp3) is 0.385. The third-order valence-corrected chi connectivity index (χ3v) is 6.65. The van der Waals surface area contributed by atoms with Gasteiger partial charge in [-0.25, -0.2) is 23.9 Å². The van der Waals surface area contributed by atoms with Crippen molar-refractivity contribution in [3.05, 3.63) is 40.9 Å². The van der Waals surface area contributed by atoms with Crippen molar-refractivity contribution in [1.82, 2.24) is 9.97 Å². The zero-order valence-corrected chi connectivity index (χ0v) is 21.7. The first kappa shape index (κ1) is 25.0. The van der Waals surface area contributed by atoms with E-state index in [1.54, 1.807) is 39.8 Å². The molecule has 1 fully saturated rings. The highest BCUT2D eigenvalue weighted by molar-refractivity contribution is 6.36. The first-order valence-electron chi connectivity index (χ1n) is 12.0. The molecule has 1 aromatic carbocycles. The molecule has 2 aliphatic rings. The van der Waals surface area contributed by atoms with Crippen LogP contribution in [0.3, 0.4) is 0 Å². The highest BCUT2D eigenvalue weighted by Gasteiger charge is 2.34. The SMILES string of the molecule is Cc1c(-c2cc3cc(N(C(N)=O)C4CC4)ncc3c(Cl)c2F)cnc2c1N(C(=O)OC(C)(C)C)CCO2. The molecule has 1 aliphatic heterocycles. The highest BCUT2D eigenvalue weighted by Crippen LogP contribution is 2.42. The van der Waals surface area contributed by atoms with E-state index in [4.69, 9.17) is 26.8 Å². The first-order chi connectivity index (χ1) is 17.5. The van der Waals surface area contributed by atoms with E-state index in [9.17, 15) is 9.59 Å². The van der Waals surface area contributed by atoms with Gasteiger partial charge in [-0.3, -0.25) is 9.80 Å². The van der Waals surface area contributed by atoms with Crippen molar-refractivity contribution in [2.24, 2.45) is 5.73 Å². The Balaban J connectivity index is 1.63. The van der Waals surface area contributed by atoms with Gasteiger partial charge in [-0.05, 0) is 63.6 Å². The second kappa shape index (κ2) is 9.02. The van der Waals surface area contributed by atoms with Crippen molar-refractivity contribution in [3.8, 4) is 17.0 Å². The molecule has 37 heavy (non-hydrogen) atoms. The summed E-state index contributed by atoms with van der Waals surface area (Å²) >= 11 is 6.45. The summed E-state index contributed by atoms with van der Waals surface area (Å²) in [6.07, 6.45) is 4.07. The smallest absolute Gasteiger partial charge is 0.415 e. The summed E-state index contributed by atoms with van der Waals surface area (Å²) in [5.74, 6) is -0.0114. The predicted molar refractivity (Wildman–Crippen MR) is 139 cm³/mol. The number of carbonyl (C=O) groups excluding carboxylic acids is 2. The number of benzene rings is 1. The molecule has 0 bridgehead atoms. The molecule has 9 nitrogen and oxygen atoms in total. The highest BCUT2D eigenvalue weighted by atomic mass is 35.5. The average Bonchev–Trinajstić information content (AvgIpc) is 3.65. The number of nitrogens with zero attached hydrogens (tertiary/aromatic N) is 4. The van der Waals surface area contributed by atoms with Gasteiger partial charge in [-0.15, -0.1) is 0 Å². The van der Waals surface area contributed by atoms with Crippen LogP contribution in [-0.2, 0) is 4.74 Å². The lowest BCUT2D eigenvalue weighted by molar-refractivity contribution is 0.0566. The number of anilines is 2. The topological polar surface area (TPSA) is 111 Å². The molecule has 194 valence electrons. The molecule has 1 saturated carbocycles.